The van der Waals surface area contributed by atoms with E-state index in [0.717, 1.165) is 5.56 Å². The molecule has 1 saturated heterocycles. The third kappa shape index (κ3) is 5.51. The van der Waals surface area contributed by atoms with Gasteiger partial charge in [0.15, 0.2) is 5.82 Å². The Morgan fingerprint density at radius 3 is 2.67 bits per heavy atom. The molecule has 0 radical (unpaired) electrons. The van der Waals surface area contributed by atoms with Gasteiger partial charge < -0.3 is 14.7 Å². The molecule has 0 bridgehead atoms. The highest BCUT2D eigenvalue weighted by molar-refractivity contribution is 5.92. The van der Waals surface area contributed by atoms with Crippen molar-refractivity contribution in [2.24, 2.45) is 5.92 Å². The highest BCUT2D eigenvalue weighted by Crippen LogP contribution is 2.18. The van der Waals surface area contributed by atoms with Crippen molar-refractivity contribution in [3.05, 3.63) is 53.7 Å². The molecule has 1 aliphatic heterocycles. The summed E-state index contributed by atoms with van der Waals surface area (Å²) in [4.78, 5) is 30.5. The van der Waals surface area contributed by atoms with Gasteiger partial charge in [-0.25, -0.2) is 0 Å². The van der Waals surface area contributed by atoms with Crippen molar-refractivity contribution >= 4 is 17.9 Å². The molecule has 142 valence electrons. The molecule has 1 aromatic heterocycles. The Hall–Kier alpha value is -2.96. The molecule has 0 unspecified atom stereocenters. The van der Waals surface area contributed by atoms with Gasteiger partial charge in [0.25, 0.3) is 0 Å². The molecule has 27 heavy (non-hydrogen) atoms. The number of carbonyl (C=O) groups excluding carboxylic acids is 2. The Morgan fingerprint density at radius 1 is 1.26 bits per heavy atom. The number of aromatic nitrogens is 2. The number of carbonyl (C=O) groups is 2. The van der Waals surface area contributed by atoms with Crippen LogP contribution in [-0.2, 0) is 16.0 Å². The van der Waals surface area contributed by atoms with E-state index in [1.165, 1.54) is 0 Å². The Kier molecular flexibility index (Phi) is 6.35. The molecule has 0 spiro atoms. The zero-order valence-corrected chi connectivity index (χ0v) is 15.4. The molecule has 1 aliphatic rings. The molecule has 0 atom stereocenters. The van der Waals surface area contributed by atoms with Crippen molar-refractivity contribution < 1.29 is 14.1 Å². The predicted molar refractivity (Wildman–Crippen MR) is 101 cm³/mol. The molecule has 0 aliphatic carbocycles. The second-order valence-electron chi connectivity index (χ2n) is 6.62. The molecular formula is C20H24N4O3. The molecule has 1 fully saturated rings. The highest BCUT2D eigenvalue weighted by Gasteiger charge is 2.26. The van der Waals surface area contributed by atoms with E-state index in [1.807, 2.05) is 36.4 Å². The average molecular weight is 368 g/mol. The molecule has 3 rings (SSSR count). The van der Waals surface area contributed by atoms with Crippen LogP contribution in [0.5, 0.6) is 0 Å². The van der Waals surface area contributed by atoms with Crippen LogP contribution in [0.25, 0.3) is 6.08 Å². The van der Waals surface area contributed by atoms with Crippen molar-refractivity contribution in [3.8, 4) is 0 Å². The third-order valence-electron chi connectivity index (χ3n) is 4.60. The summed E-state index contributed by atoms with van der Waals surface area (Å²) in [6, 6.07) is 9.73. The van der Waals surface area contributed by atoms with Gasteiger partial charge in [0, 0.05) is 38.0 Å². The van der Waals surface area contributed by atoms with Crippen molar-refractivity contribution in [2.45, 2.75) is 26.2 Å². The van der Waals surface area contributed by atoms with Crippen LogP contribution < -0.4 is 5.32 Å². The molecule has 1 N–H and O–H groups in total. The van der Waals surface area contributed by atoms with Crippen molar-refractivity contribution in [1.29, 1.82) is 0 Å². The quantitative estimate of drug-likeness (QED) is 0.788. The minimum absolute atomic E-state index is 0.00975. The number of hydrogen-bond acceptors (Lipinski definition) is 5. The molecule has 7 nitrogen and oxygen atoms in total. The van der Waals surface area contributed by atoms with Gasteiger partial charge in [-0.3, -0.25) is 9.59 Å². The first-order chi connectivity index (χ1) is 13.1. The standard InChI is InChI=1S/C20H24N4O3/c1-15-22-18(27-23-15)9-12-21-20(26)17-10-13-24(14-11-17)19(25)8-7-16-5-3-2-4-6-16/h2-8,17H,9-14H2,1H3,(H,21,26)/b8-7+. The van der Waals surface area contributed by atoms with Crippen LogP contribution in [-0.4, -0.2) is 46.5 Å². The fraction of sp³-hybridized carbons (Fsp3) is 0.400. The molecule has 2 aromatic rings. The zero-order valence-electron chi connectivity index (χ0n) is 15.4. The predicted octanol–water partition coefficient (Wildman–Crippen LogP) is 1.99. The van der Waals surface area contributed by atoms with Gasteiger partial charge >= 0.3 is 0 Å². The number of hydrogen-bond donors (Lipinski definition) is 1. The smallest absolute Gasteiger partial charge is 0.246 e. The van der Waals surface area contributed by atoms with Crippen molar-refractivity contribution in [3.63, 3.8) is 0 Å². The van der Waals surface area contributed by atoms with Crippen LogP contribution in [0.2, 0.25) is 0 Å². The van der Waals surface area contributed by atoms with Crippen LogP contribution >= 0.6 is 0 Å². The van der Waals surface area contributed by atoms with Crippen molar-refractivity contribution in [1.82, 2.24) is 20.4 Å². The van der Waals surface area contributed by atoms with Crippen LogP contribution in [0.15, 0.2) is 40.9 Å². The van der Waals surface area contributed by atoms with Gasteiger partial charge in [0.2, 0.25) is 17.7 Å². The van der Waals surface area contributed by atoms with Gasteiger partial charge in [0.05, 0.1) is 0 Å². The number of likely N-dealkylation sites (tertiary alicyclic amines) is 1. The lowest BCUT2D eigenvalue weighted by atomic mass is 9.96. The lowest BCUT2D eigenvalue weighted by Crippen LogP contribution is -2.42. The first kappa shape index (κ1) is 18.8. The van der Waals surface area contributed by atoms with Crippen molar-refractivity contribution in [2.75, 3.05) is 19.6 Å². The number of nitrogens with one attached hydrogen (secondary N) is 1. The molecule has 0 saturated carbocycles. The van der Waals surface area contributed by atoms with E-state index in [4.69, 9.17) is 4.52 Å². The van der Waals surface area contributed by atoms with E-state index < -0.39 is 0 Å². The lowest BCUT2D eigenvalue weighted by Gasteiger charge is -2.30. The molecule has 1 aromatic carbocycles. The van der Waals surface area contributed by atoms with Gasteiger partial charge in [-0.05, 0) is 31.4 Å². The lowest BCUT2D eigenvalue weighted by molar-refractivity contribution is -0.132. The summed E-state index contributed by atoms with van der Waals surface area (Å²) >= 11 is 0. The van der Waals surface area contributed by atoms with Gasteiger partial charge in [0.1, 0.15) is 0 Å². The second-order valence-corrected chi connectivity index (χ2v) is 6.62. The fourth-order valence-corrected chi connectivity index (χ4v) is 3.08. The van der Waals surface area contributed by atoms with E-state index >= 15 is 0 Å². The zero-order chi connectivity index (χ0) is 19.1. The number of benzene rings is 1. The first-order valence-electron chi connectivity index (χ1n) is 9.21. The van der Waals surface area contributed by atoms with Crippen LogP contribution in [0.1, 0.15) is 30.1 Å². The summed E-state index contributed by atoms with van der Waals surface area (Å²) < 4.78 is 5.02. The third-order valence-corrected chi connectivity index (χ3v) is 4.60. The van der Waals surface area contributed by atoms with Crippen LogP contribution in [0.3, 0.4) is 0 Å². The maximum Gasteiger partial charge on any atom is 0.246 e. The molecule has 2 heterocycles. The molecule has 7 heteroatoms. The number of rotatable bonds is 6. The number of aryl methyl sites for hydroxylation is 1. The fourth-order valence-electron chi connectivity index (χ4n) is 3.08. The first-order valence-corrected chi connectivity index (χ1v) is 9.21. The number of nitrogens with zero attached hydrogens (tertiary/aromatic N) is 3. The molecule has 2 amide bonds. The maximum atomic E-state index is 12.3. The van der Waals surface area contributed by atoms with E-state index in [-0.39, 0.29) is 17.7 Å². The summed E-state index contributed by atoms with van der Waals surface area (Å²) in [5.41, 5.74) is 0.997. The average Bonchev–Trinajstić information content (AvgIpc) is 3.12. The Labute approximate surface area is 158 Å². The normalized spacial score (nSPS) is 15.2. The molecular weight excluding hydrogens is 344 g/mol. The summed E-state index contributed by atoms with van der Waals surface area (Å²) in [5.74, 6) is 1.08. The summed E-state index contributed by atoms with van der Waals surface area (Å²) in [6.45, 7) is 3.42. The monoisotopic (exact) mass is 368 g/mol. The van der Waals surface area contributed by atoms with E-state index in [1.54, 1.807) is 17.9 Å². The van der Waals surface area contributed by atoms with Gasteiger partial charge in [-0.1, -0.05) is 35.5 Å². The topological polar surface area (TPSA) is 88.3 Å². The number of amides is 2. The van der Waals surface area contributed by atoms with E-state index in [0.29, 0.717) is 50.6 Å². The SMILES string of the molecule is Cc1noc(CCNC(=O)C2CCN(C(=O)/C=C/c3ccccc3)CC2)n1. The number of piperidine rings is 1. The summed E-state index contributed by atoms with van der Waals surface area (Å²) in [5, 5.41) is 6.64. The van der Waals surface area contributed by atoms with E-state index in [2.05, 4.69) is 15.5 Å². The highest BCUT2D eigenvalue weighted by atomic mass is 16.5. The second kappa shape index (κ2) is 9.12. The van der Waals surface area contributed by atoms with Gasteiger partial charge in [-0.2, -0.15) is 4.98 Å². The Bertz CT molecular complexity index is 793. The maximum absolute atomic E-state index is 12.3. The van der Waals surface area contributed by atoms with Crippen LogP contribution in [0.4, 0.5) is 0 Å². The van der Waals surface area contributed by atoms with Crippen LogP contribution in [0, 0.1) is 12.8 Å². The largest absolute Gasteiger partial charge is 0.355 e. The Balaban J connectivity index is 1.39. The Morgan fingerprint density at radius 2 is 2.00 bits per heavy atom. The van der Waals surface area contributed by atoms with Gasteiger partial charge in [-0.15, -0.1) is 0 Å². The minimum Gasteiger partial charge on any atom is -0.355 e. The summed E-state index contributed by atoms with van der Waals surface area (Å²) in [7, 11) is 0. The minimum atomic E-state index is -0.0587. The summed E-state index contributed by atoms with van der Waals surface area (Å²) in [6.07, 6.45) is 5.30. The van der Waals surface area contributed by atoms with E-state index in [9.17, 15) is 9.59 Å².